The van der Waals surface area contributed by atoms with Crippen LogP contribution in [0.4, 0.5) is 10.3 Å². The Balaban J connectivity index is 1.76. The molecule has 0 saturated heterocycles. The van der Waals surface area contributed by atoms with Gasteiger partial charge in [-0.25, -0.2) is 4.39 Å². The Morgan fingerprint density at radius 1 is 1.15 bits per heavy atom. The van der Waals surface area contributed by atoms with Crippen molar-refractivity contribution in [1.82, 2.24) is 20.6 Å². The van der Waals surface area contributed by atoms with Gasteiger partial charge in [0.05, 0.1) is 16.7 Å². The van der Waals surface area contributed by atoms with Gasteiger partial charge in [-0.15, -0.1) is 5.10 Å². The Morgan fingerprint density at radius 3 is 2.70 bits per heavy atom. The number of nitrogens with zero attached hydrogens (tertiary/aromatic N) is 3. The summed E-state index contributed by atoms with van der Waals surface area (Å²) in [4.78, 5) is 0. The Hall–Kier alpha value is -2.58. The quantitative estimate of drug-likeness (QED) is 0.576. The van der Waals surface area contributed by atoms with E-state index < -0.39 is 5.82 Å². The first kappa shape index (κ1) is 19.2. The first-order valence-corrected chi connectivity index (χ1v) is 8.81. The third-order valence-electron chi connectivity index (χ3n) is 3.55. The highest BCUT2D eigenvalue weighted by Crippen LogP contribution is 2.37. The molecule has 3 rings (SSSR count). The second kappa shape index (κ2) is 8.88. The zero-order chi connectivity index (χ0) is 19.2. The first-order valence-electron chi connectivity index (χ1n) is 8.06. The standard InChI is InChI=1S/C17H16Cl2FN5O2/c1-2-26-15-6-10(8-21-17-22-24-25-23-17)5-14(19)16(15)27-9-11-3-4-12(20)7-13(11)18/h3-7H,2,8-9H2,1H3,(H2,21,22,23,24,25). The molecule has 0 atom stereocenters. The van der Waals surface area contributed by atoms with Crippen molar-refractivity contribution < 1.29 is 13.9 Å². The van der Waals surface area contributed by atoms with Crippen LogP contribution in [0.3, 0.4) is 0 Å². The molecule has 0 spiro atoms. The smallest absolute Gasteiger partial charge is 0.263 e. The Kier molecular flexibility index (Phi) is 6.31. The van der Waals surface area contributed by atoms with Gasteiger partial charge in [-0.3, -0.25) is 0 Å². The van der Waals surface area contributed by atoms with Crippen LogP contribution < -0.4 is 14.8 Å². The molecule has 0 amide bonds. The van der Waals surface area contributed by atoms with Crippen LogP contribution in [0, 0.1) is 5.82 Å². The van der Waals surface area contributed by atoms with E-state index >= 15 is 0 Å². The fraction of sp³-hybridized carbons (Fsp3) is 0.235. The zero-order valence-electron chi connectivity index (χ0n) is 14.3. The van der Waals surface area contributed by atoms with Crippen molar-refractivity contribution >= 4 is 29.2 Å². The summed E-state index contributed by atoms with van der Waals surface area (Å²) in [7, 11) is 0. The zero-order valence-corrected chi connectivity index (χ0v) is 15.8. The Morgan fingerprint density at radius 2 is 2.00 bits per heavy atom. The summed E-state index contributed by atoms with van der Waals surface area (Å²) < 4.78 is 24.6. The van der Waals surface area contributed by atoms with Crippen LogP contribution in [0.5, 0.6) is 11.5 Å². The molecule has 0 aliphatic rings. The normalized spacial score (nSPS) is 10.7. The van der Waals surface area contributed by atoms with Gasteiger partial charge in [0.1, 0.15) is 12.4 Å². The summed E-state index contributed by atoms with van der Waals surface area (Å²) >= 11 is 12.4. The monoisotopic (exact) mass is 411 g/mol. The van der Waals surface area contributed by atoms with Crippen LogP contribution in [0.25, 0.3) is 0 Å². The van der Waals surface area contributed by atoms with Gasteiger partial charge in [0, 0.05) is 12.1 Å². The fourth-order valence-corrected chi connectivity index (χ4v) is 2.84. The van der Waals surface area contributed by atoms with Crippen molar-refractivity contribution in [2.45, 2.75) is 20.1 Å². The van der Waals surface area contributed by atoms with E-state index in [0.29, 0.717) is 41.2 Å². The molecular weight excluding hydrogens is 396 g/mol. The lowest BCUT2D eigenvalue weighted by molar-refractivity contribution is 0.269. The van der Waals surface area contributed by atoms with Crippen LogP contribution in [0.1, 0.15) is 18.1 Å². The molecule has 7 nitrogen and oxygen atoms in total. The van der Waals surface area contributed by atoms with Crippen molar-refractivity contribution in [3.05, 3.63) is 57.3 Å². The molecular formula is C17H16Cl2FN5O2. The number of H-pyrrole nitrogens is 1. The summed E-state index contributed by atoms with van der Waals surface area (Å²) in [5, 5.41) is 17.1. The maximum Gasteiger partial charge on any atom is 0.263 e. The first-order chi connectivity index (χ1) is 13.1. The number of benzene rings is 2. The number of aromatic amines is 1. The second-order valence-electron chi connectivity index (χ2n) is 5.45. The molecule has 0 saturated carbocycles. The minimum Gasteiger partial charge on any atom is -0.490 e. The molecule has 0 aliphatic carbocycles. The second-order valence-corrected chi connectivity index (χ2v) is 6.27. The van der Waals surface area contributed by atoms with E-state index in [-0.39, 0.29) is 11.6 Å². The number of rotatable bonds is 8. The maximum absolute atomic E-state index is 13.2. The molecule has 0 unspecified atom stereocenters. The molecule has 27 heavy (non-hydrogen) atoms. The molecule has 0 fully saturated rings. The van der Waals surface area contributed by atoms with E-state index in [1.54, 1.807) is 12.1 Å². The number of tetrazole rings is 1. The molecule has 3 aromatic rings. The van der Waals surface area contributed by atoms with Crippen molar-refractivity contribution in [3.63, 3.8) is 0 Å². The summed E-state index contributed by atoms with van der Waals surface area (Å²) in [6, 6.07) is 7.68. The van der Waals surface area contributed by atoms with Gasteiger partial charge < -0.3 is 14.8 Å². The highest BCUT2D eigenvalue weighted by Gasteiger charge is 2.14. The van der Waals surface area contributed by atoms with Gasteiger partial charge in [0.15, 0.2) is 11.5 Å². The van der Waals surface area contributed by atoms with Crippen molar-refractivity contribution in [2.24, 2.45) is 0 Å². The molecule has 2 aromatic carbocycles. The summed E-state index contributed by atoms with van der Waals surface area (Å²) in [5.41, 5.74) is 1.49. The average Bonchev–Trinajstić information content (AvgIpc) is 3.14. The predicted octanol–water partition coefficient (Wildman–Crippen LogP) is 4.24. The topological polar surface area (TPSA) is 85.0 Å². The number of hydrogen-bond donors (Lipinski definition) is 2. The van der Waals surface area contributed by atoms with Crippen LogP contribution in [0.15, 0.2) is 30.3 Å². The molecule has 1 heterocycles. The largest absolute Gasteiger partial charge is 0.490 e. The third-order valence-corrected chi connectivity index (χ3v) is 4.18. The van der Waals surface area contributed by atoms with Crippen molar-refractivity contribution in [1.29, 1.82) is 0 Å². The van der Waals surface area contributed by atoms with E-state index in [1.165, 1.54) is 12.1 Å². The molecule has 142 valence electrons. The SMILES string of the molecule is CCOc1cc(CNc2nn[nH]n2)cc(Cl)c1OCc1ccc(F)cc1Cl. The van der Waals surface area contributed by atoms with E-state index in [9.17, 15) is 4.39 Å². The number of ether oxygens (including phenoxy) is 2. The molecule has 2 N–H and O–H groups in total. The van der Waals surface area contributed by atoms with Gasteiger partial charge in [-0.1, -0.05) is 34.4 Å². The minimum absolute atomic E-state index is 0.124. The van der Waals surface area contributed by atoms with Crippen LogP contribution in [-0.2, 0) is 13.2 Å². The highest BCUT2D eigenvalue weighted by atomic mass is 35.5. The van der Waals surface area contributed by atoms with Gasteiger partial charge in [0.2, 0.25) is 0 Å². The molecule has 1 aromatic heterocycles. The molecule has 10 heteroatoms. The van der Waals surface area contributed by atoms with E-state index in [2.05, 4.69) is 25.9 Å². The van der Waals surface area contributed by atoms with Gasteiger partial charge >= 0.3 is 0 Å². The number of nitrogens with one attached hydrogen (secondary N) is 2. The molecule has 0 bridgehead atoms. The molecule has 0 radical (unpaired) electrons. The number of anilines is 1. The Bertz CT molecular complexity index is 909. The van der Waals surface area contributed by atoms with Crippen LogP contribution in [0.2, 0.25) is 10.0 Å². The highest BCUT2D eigenvalue weighted by molar-refractivity contribution is 6.32. The van der Waals surface area contributed by atoms with Crippen molar-refractivity contribution in [2.75, 3.05) is 11.9 Å². The lowest BCUT2D eigenvalue weighted by Gasteiger charge is -2.16. The van der Waals surface area contributed by atoms with Gasteiger partial charge in [0.25, 0.3) is 5.95 Å². The number of hydrogen-bond acceptors (Lipinski definition) is 6. The molecule has 0 aliphatic heterocycles. The third kappa shape index (κ3) is 4.99. The average molecular weight is 412 g/mol. The van der Waals surface area contributed by atoms with E-state index in [4.69, 9.17) is 32.7 Å². The van der Waals surface area contributed by atoms with E-state index in [0.717, 1.165) is 5.56 Å². The van der Waals surface area contributed by atoms with Crippen LogP contribution >= 0.6 is 23.2 Å². The summed E-state index contributed by atoms with van der Waals surface area (Å²) in [5.74, 6) is 0.848. The minimum atomic E-state index is -0.407. The summed E-state index contributed by atoms with van der Waals surface area (Å²) in [6.45, 7) is 2.84. The lowest BCUT2D eigenvalue weighted by Crippen LogP contribution is -2.05. The van der Waals surface area contributed by atoms with Gasteiger partial charge in [-0.2, -0.15) is 5.21 Å². The van der Waals surface area contributed by atoms with Crippen LogP contribution in [-0.4, -0.2) is 27.2 Å². The Labute approximate surface area is 164 Å². The number of aromatic nitrogens is 4. The fourth-order valence-electron chi connectivity index (χ4n) is 2.33. The van der Waals surface area contributed by atoms with Crippen molar-refractivity contribution in [3.8, 4) is 11.5 Å². The maximum atomic E-state index is 13.2. The summed E-state index contributed by atoms with van der Waals surface area (Å²) in [6.07, 6.45) is 0. The van der Waals surface area contributed by atoms with Gasteiger partial charge in [-0.05, 0) is 42.0 Å². The van der Waals surface area contributed by atoms with E-state index in [1.807, 2.05) is 13.0 Å². The predicted molar refractivity (Wildman–Crippen MR) is 99.9 cm³/mol. The number of halogens is 3. The lowest BCUT2D eigenvalue weighted by atomic mass is 10.2.